The van der Waals surface area contributed by atoms with Gasteiger partial charge in [0.2, 0.25) is 0 Å². The minimum absolute atomic E-state index is 0.193. The molecule has 1 aromatic rings. The average Bonchev–Trinajstić information content (AvgIpc) is 2.31. The van der Waals surface area contributed by atoms with Gasteiger partial charge in [0.25, 0.3) is 5.91 Å². The Bertz CT molecular complexity index is 458. The lowest BCUT2D eigenvalue weighted by Crippen LogP contribution is -2.49. The fraction of sp³-hybridized carbons (Fsp3) is 0.500. The first-order chi connectivity index (χ1) is 8.56. The molecule has 0 atom stereocenters. The van der Waals surface area contributed by atoms with Crippen LogP contribution in [-0.2, 0) is 4.74 Å². The number of halogens is 2. The Morgan fingerprint density at radius 2 is 2.39 bits per heavy atom. The van der Waals surface area contributed by atoms with Crippen molar-refractivity contribution in [3.63, 3.8) is 0 Å². The molecule has 1 N–H and O–H groups in total. The van der Waals surface area contributed by atoms with Crippen LogP contribution in [-0.4, -0.2) is 30.1 Å². The Hall–Kier alpha value is -0.650. The van der Waals surface area contributed by atoms with Crippen molar-refractivity contribution in [1.82, 2.24) is 10.3 Å². The molecule has 1 aromatic heterocycles. The molecule has 0 unspecified atom stereocenters. The predicted molar refractivity (Wildman–Crippen MR) is 72.9 cm³/mol. The van der Waals surface area contributed by atoms with Crippen LogP contribution in [0.3, 0.4) is 0 Å². The van der Waals surface area contributed by atoms with E-state index >= 15 is 0 Å². The average molecular weight is 334 g/mol. The van der Waals surface area contributed by atoms with Gasteiger partial charge in [0.05, 0.1) is 11.2 Å². The second-order valence-electron chi connectivity index (χ2n) is 4.42. The zero-order valence-corrected chi connectivity index (χ0v) is 12.3. The van der Waals surface area contributed by atoms with E-state index < -0.39 is 0 Å². The van der Waals surface area contributed by atoms with E-state index in [1.165, 1.54) is 0 Å². The zero-order valence-electron chi connectivity index (χ0n) is 10.0. The number of ether oxygens (including phenoxy) is 1. The van der Waals surface area contributed by atoms with Crippen molar-refractivity contribution in [2.75, 3.05) is 13.7 Å². The molecule has 1 heterocycles. The maximum absolute atomic E-state index is 12.0. The van der Waals surface area contributed by atoms with Crippen LogP contribution in [0, 0.1) is 0 Å². The summed E-state index contributed by atoms with van der Waals surface area (Å²) in [7, 11) is 1.68. The van der Waals surface area contributed by atoms with Gasteiger partial charge in [0.15, 0.2) is 0 Å². The summed E-state index contributed by atoms with van der Waals surface area (Å²) in [5, 5.41) is 3.06. The van der Waals surface area contributed by atoms with E-state index in [9.17, 15) is 4.79 Å². The molecule has 1 saturated carbocycles. The molecule has 0 aromatic carbocycles. The van der Waals surface area contributed by atoms with Crippen molar-refractivity contribution in [2.24, 2.45) is 0 Å². The smallest absolute Gasteiger partial charge is 0.254 e. The lowest BCUT2D eigenvalue weighted by molar-refractivity contribution is -0.0679. The van der Waals surface area contributed by atoms with Gasteiger partial charge in [-0.05, 0) is 41.3 Å². The fourth-order valence-electron chi connectivity index (χ4n) is 1.94. The molecule has 1 fully saturated rings. The number of carbonyl (C=O) groups is 1. The molecule has 18 heavy (non-hydrogen) atoms. The normalized spacial score (nSPS) is 17.1. The monoisotopic (exact) mass is 332 g/mol. The molecule has 98 valence electrons. The van der Waals surface area contributed by atoms with Gasteiger partial charge < -0.3 is 10.1 Å². The van der Waals surface area contributed by atoms with Crippen LogP contribution in [0.1, 0.15) is 29.6 Å². The van der Waals surface area contributed by atoms with Gasteiger partial charge in [-0.25, -0.2) is 4.98 Å². The van der Waals surface area contributed by atoms with Crippen molar-refractivity contribution in [3.8, 4) is 0 Å². The van der Waals surface area contributed by atoms with Gasteiger partial charge in [-0.1, -0.05) is 11.6 Å². The van der Waals surface area contributed by atoms with E-state index in [4.69, 9.17) is 16.3 Å². The van der Waals surface area contributed by atoms with Crippen LogP contribution in [0.4, 0.5) is 0 Å². The maximum Gasteiger partial charge on any atom is 0.254 e. The van der Waals surface area contributed by atoms with E-state index in [0.29, 0.717) is 12.1 Å². The van der Waals surface area contributed by atoms with E-state index in [2.05, 4.69) is 26.2 Å². The summed E-state index contributed by atoms with van der Waals surface area (Å²) in [6, 6.07) is 1.66. The largest absolute Gasteiger partial charge is 0.376 e. The van der Waals surface area contributed by atoms with Gasteiger partial charge in [0, 0.05) is 24.3 Å². The summed E-state index contributed by atoms with van der Waals surface area (Å²) < 4.78 is 6.17. The van der Waals surface area contributed by atoms with Crippen LogP contribution >= 0.6 is 27.5 Å². The van der Waals surface area contributed by atoms with Gasteiger partial charge in [-0.3, -0.25) is 4.79 Å². The summed E-state index contributed by atoms with van der Waals surface area (Å²) >= 11 is 9.17. The van der Waals surface area contributed by atoms with Crippen molar-refractivity contribution >= 4 is 33.4 Å². The second-order valence-corrected chi connectivity index (χ2v) is 5.69. The number of hydrogen-bond acceptors (Lipinski definition) is 3. The lowest BCUT2D eigenvalue weighted by Gasteiger charge is -2.40. The van der Waals surface area contributed by atoms with E-state index in [-0.39, 0.29) is 16.7 Å². The fourth-order valence-corrected chi connectivity index (χ4v) is 2.46. The van der Waals surface area contributed by atoms with Crippen LogP contribution in [0.25, 0.3) is 0 Å². The van der Waals surface area contributed by atoms with Crippen LogP contribution in [0.15, 0.2) is 16.7 Å². The number of nitrogens with one attached hydrogen (secondary N) is 1. The molecule has 0 radical (unpaired) electrons. The molecule has 0 aliphatic heterocycles. The third kappa shape index (κ3) is 2.84. The Balaban J connectivity index is 2.01. The lowest BCUT2D eigenvalue weighted by atomic mass is 9.80. The molecule has 1 amide bonds. The molecule has 2 rings (SSSR count). The minimum Gasteiger partial charge on any atom is -0.376 e. The van der Waals surface area contributed by atoms with Crippen molar-refractivity contribution in [1.29, 1.82) is 0 Å². The summed E-state index contributed by atoms with van der Waals surface area (Å²) in [6.45, 7) is 0.505. The van der Waals surface area contributed by atoms with Gasteiger partial charge in [0.1, 0.15) is 5.15 Å². The maximum atomic E-state index is 12.0. The number of aromatic nitrogens is 1. The van der Waals surface area contributed by atoms with Crippen LogP contribution < -0.4 is 5.32 Å². The Labute approximate surface area is 119 Å². The summed E-state index contributed by atoms with van der Waals surface area (Å²) in [5.74, 6) is -0.225. The number of nitrogens with zero attached hydrogens (tertiary/aromatic N) is 1. The zero-order chi connectivity index (χ0) is 13.2. The summed E-state index contributed by atoms with van der Waals surface area (Å²) in [6.07, 6.45) is 4.66. The summed E-state index contributed by atoms with van der Waals surface area (Å²) in [5.41, 5.74) is 0.179. The predicted octanol–water partition coefficient (Wildman–Crippen LogP) is 2.80. The van der Waals surface area contributed by atoms with E-state index in [1.54, 1.807) is 19.4 Å². The number of methoxy groups -OCH3 is 1. The van der Waals surface area contributed by atoms with Crippen molar-refractivity contribution in [2.45, 2.75) is 24.9 Å². The standard InChI is InChI=1S/C12H14BrClN2O2/c1-18-12(3-2-4-12)7-16-11(17)9-5-8(13)6-15-10(9)14/h5-6H,2-4,7H2,1H3,(H,16,17). The molecular formula is C12H14BrClN2O2. The highest BCUT2D eigenvalue weighted by Gasteiger charge is 2.37. The summed E-state index contributed by atoms with van der Waals surface area (Å²) in [4.78, 5) is 15.9. The highest BCUT2D eigenvalue weighted by atomic mass is 79.9. The molecule has 1 aliphatic carbocycles. The highest BCUT2D eigenvalue weighted by molar-refractivity contribution is 9.10. The third-order valence-electron chi connectivity index (χ3n) is 3.32. The topological polar surface area (TPSA) is 51.2 Å². The van der Waals surface area contributed by atoms with Crippen LogP contribution in [0.5, 0.6) is 0 Å². The number of amides is 1. The molecular weight excluding hydrogens is 320 g/mol. The molecule has 4 nitrogen and oxygen atoms in total. The van der Waals surface area contributed by atoms with Crippen molar-refractivity contribution < 1.29 is 9.53 Å². The van der Waals surface area contributed by atoms with E-state index in [0.717, 1.165) is 23.7 Å². The van der Waals surface area contributed by atoms with Gasteiger partial charge in [-0.2, -0.15) is 0 Å². The van der Waals surface area contributed by atoms with Crippen LogP contribution in [0.2, 0.25) is 5.15 Å². The first-order valence-electron chi connectivity index (χ1n) is 5.71. The molecule has 0 spiro atoms. The quantitative estimate of drug-likeness (QED) is 0.862. The van der Waals surface area contributed by atoms with Gasteiger partial charge in [-0.15, -0.1) is 0 Å². The second kappa shape index (κ2) is 5.55. The Morgan fingerprint density at radius 1 is 1.67 bits per heavy atom. The minimum atomic E-state index is -0.225. The number of rotatable bonds is 4. The molecule has 1 aliphatic rings. The Morgan fingerprint density at radius 3 is 2.94 bits per heavy atom. The van der Waals surface area contributed by atoms with Gasteiger partial charge >= 0.3 is 0 Å². The number of hydrogen-bond donors (Lipinski definition) is 1. The Kier molecular flexibility index (Phi) is 4.25. The first-order valence-corrected chi connectivity index (χ1v) is 6.88. The number of pyridine rings is 1. The third-order valence-corrected chi connectivity index (χ3v) is 4.05. The number of carbonyl (C=O) groups excluding carboxylic acids is 1. The van der Waals surface area contributed by atoms with Crippen molar-refractivity contribution in [3.05, 3.63) is 27.5 Å². The molecule has 0 bridgehead atoms. The molecule has 6 heteroatoms. The molecule has 0 saturated heterocycles. The highest BCUT2D eigenvalue weighted by Crippen LogP contribution is 2.34. The SMILES string of the molecule is COC1(CNC(=O)c2cc(Br)cnc2Cl)CCC1. The van der Waals surface area contributed by atoms with E-state index in [1.807, 2.05) is 0 Å². The first kappa shape index (κ1) is 13.8.